The van der Waals surface area contributed by atoms with Crippen LogP contribution in [0, 0.1) is 0 Å². The Morgan fingerprint density at radius 1 is 1.11 bits per heavy atom. The molecule has 0 amide bonds. The van der Waals surface area contributed by atoms with Crippen molar-refractivity contribution >= 4 is 90.4 Å². The van der Waals surface area contributed by atoms with E-state index in [1.54, 1.807) is 24.4 Å². The molecule has 144 valence electrons. The molecule has 0 aliphatic heterocycles. The van der Waals surface area contributed by atoms with Crippen molar-refractivity contribution in [2.45, 2.75) is 4.90 Å². The number of benzene rings is 1. The van der Waals surface area contributed by atoms with E-state index < -0.39 is 27.3 Å². The Morgan fingerprint density at radius 3 is 2.30 bits per heavy atom. The third-order valence-corrected chi connectivity index (χ3v) is 8.13. The molecule has 0 radical (unpaired) electrons. The van der Waals surface area contributed by atoms with Crippen LogP contribution in [0.15, 0.2) is 41.4 Å². The number of nitrogen functional groups attached to an aromatic ring is 1. The zero-order valence-electron chi connectivity index (χ0n) is 13.6. The van der Waals surface area contributed by atoms with Crippen molar-refractivity contribution in [2.75, 3.05) is 22.0 Å². The predicted octanol–water partition coefficient (Wildman–Crippen LogP) is 1.47. The van der Waals surface area contributed by atoms with Gasteiger partial charge in [-0.3, -0.25) is 0 Å². The summed E-state index contributed by atoms with van der Waals surface area (Å²) in [5.41, 5.74) is 5.52. The molecule has 0 spiro atoms. The van der Waals surface area contributed by atoms with Crippen molar-refractivity contribution < 1.29 is 17.0 Å². The van der Waals surface area contributed by atoms with Gasteiger partial charge >= 0.3 is 181 Å². The zero-order chi connectivity index (χ0) is 19.6. The van der Waals surface area contributed by atoms with Gasteiger partial charge in [-0.15, -0.1) is 0 Å². The first-order valence-electron chi connectivity index (χ1n) is 7.23. The van der Waals surface area contributed by atoms with Crippen LogP contribution >= 0.6 is 47.0 Å². The Hall–Kier alpha value is -1.20. The summed E-state index contributed by atoms with van der Waals surface area (Å²) in [4.78, 5) is 31.8. The van der Waals surface area contributed by atoms with E-state index in [-0.39, 0.29) is 17.5 Å². The van der Waals surface area contributed by atoms with E-state index in [2.05, 4.69) is 39.9 Å². The normalized spacial score (nSPS) is 10.5. The molecule has 0 fully saturated rings. The standard InChI is InChI=1S/C14H15AsN4O4S4/c16-14-17-6-5-11(18-14)19-27-26-10-3-1-9(2-4-10)15(22-12(20)7-24)23-13(21)8-25/h1-6,24-25H,7-8H2,(H3,16,17,18,19). The number of hydrogen-bond donors (Lipinski definition) is 4. The van der Waals surface area contributed by atoms with Crippen molar-refractivity contribution in [1.29, 1.82) is 0 Å². The summed E-state index contributed by atoms with van der Waals surface area (Å²) in [5.74, 6) is -0.458. The van der Waals surface area contributed by atoms with Crippen LogP contribution in [0.1, 0.15) is 0 Å². The number of nitrogens with two attached hydrogens (primary N) is 1. The van der Waals surface area contributed by atoms with E-state index in [9.17, 15) is 9.59 Å². The van der Waals surface area contributed by atoms with Crippen molar-refractivity contribution in [3.8, 4) is 0 Å². The van der Waals surface area contributed by atoms with Gasteiger partial charge in [-0.25, -0.2) is 0 Å². The Balaban J connectivity index is 1.96. The maximum absolute atomic E-state index is 11.5. The topological polar surface area (TPSA) is 116 Å². The van der Waals surface area contributed by atoms with E-state index in [1.807, 2.05) is 12.1 Å². The quantitative estimate of drug-likeness (QED) is 0.172. The summed E-state index contributed by atoms with van der Waals surface area (Å²) in [6.45, 7) is 0. The van der Waals surface area contributed by atoms with Gasteiger partial charge in [0.05, 0.1) is 0 Å². The van der Waals surface area contributed by atoms with Crippen LogP contribution in [0.25, 0.3) is 0 Å². The van der Waals surface area contributed by atoms with Gasteiger partial charge in [0.25, 0.3) is 0 Å². The van der Waals surface area contributed by atoms with Crippen LogP contribution in [0.5, 0.6) is 0 Å². The second-order valence-electron chi connectivity index (χ2n) is 4.56. The monoisotopic (exact) mass is 506 g/mol. The molecular formula is C14H15AsN4O4S4. The number of carbonyl (C=O) groups is 2. The molecule has 3 N–H and O–H groups in total. The molecule has 1 aromatic heterocycles. The molecule has 0 saturated heterocycles. The molecule has 27 heavy (non-hydrogen) atoms. The van der Waals surface area contributed by atoms with Crippen LogP contribution in [0.3, 0.4) is 0 Å². The molecule has 1 aromatic carbocycles. The number of hydrogen-bond acceptors (Lipinski definition) is 12. The molecular weight excluding hydrogens is 491 g/mol. The fourth-order valence-corrected chi connectivity index (χ4v) is 6.08. The fourth-order valence-electron chi connectivity index (χ4n) is 1.53. The van der Waals surface area contributed by atoms with E-state index in [4.69, 9.17) is 13.2 Å². The summed E-state index contributed by atoms with van der Waals surface area (Å²) >= 11 is 4.96. The van der Waals surface area contributed by atoms with Crippen molar-refractivity contribution in [3.63, 3.8) is 0 Å². The number of thiol groups is 2. The molecule has 0 atom stereocenters. The van der Waals surface area contributed by atoms with Crippen LogP contribution in [-0.2, 0) is 17.0 Å². The molecule has 0 aliphatic rings. The summed E-state index contributed by atoms with van der Waals surface area (Å²) in [6, 6.07) is 8.92. The maximum atomic E-state index is 11.5. The Kier molecular flexibility index (Phi) is 9.49. The molecule has 2 aromatic rings. The Bertz CT molecular complexity index is 766. The summed E-state index contributed by atoms with van der Waals surface area (Å²) < 4.78 is 14.2. The zero-order valence-corrected chi connectivity index (χ0v) is 18.9. The molecule has 13 heteroatoms. The molecule has 1 heterocycles. The number of aromatic nitrogens is 2. The van der Waals surface area contributed by atoms with E-state index in [1.165, 1.54) is 21.8 Å². The van der Waals surface area contributed by atoms with Gasteiger partial charge in [0.15, 0.2) is 0 Å². The second kappa shape index (κ2) is 11.6. The number of nitrogens with one attached hydrogen (secondary N) is 1. The van der Waals surface area contributed by atoms with Gasteiger partial charge in [0.2, 0.25) is 0 Å². The number of anilines is 2. The molecule has 8 nitrogen and oxygen atoms in total. The van der Waals surface area contributed by atoms with Gasteiger partial charge in [-0.1, -0.05) is 0 Å². The molecule has 0 unspecified atom stereocenters. The van der Waals surface area contributed by atoms with Gasteiger partial charge in [0, 0.05) is 0 Å². The molecule has 2 rings (SSSR count). The van der Waals surface area contributed by atoms with Gasteiger partial charge in [0.1, 0.15) is 0 Å². The molecule has 0 bridgehead atoms. The first kappa shape index (κ1) is 22.1. The first-order chi connectivity index (χ1) is 13.0. The first-order valence-corrected chi connectivity index (χ1v) is 13.1. The molecule has 0 aliphatic carbocycles. The SMILES string of the molecule is Nc1nccc(NSSc2ccc([As](OC(=O)CS)OC(=O)CS)cc2)n1. The van der Waals surface area contributed by atoms with Crippen LogP contribution in [0.4, 0.5) is 11.8 Å². The fraction of sp³-hybridized carbons (Fsp3) is 0.143. The van der Waals surface area contributed by atoms with Crippen LogP contribution < -0.4 is 14.8 Å². The minimum atomic E-state index is -2.78. The second-order valence-corrected chi connectivity index (χ2v) is 10.1. The van der Waals surface area contributed by atoms with Crippen LogP contribution in [-0.4, -0.2) is 48.7 Å². The van der Waals surface area contributed by atoms with Gasteiger partial charge < -0.3 is 0 Å². The number of carbonyl (C=O) groups excluding carboxylic acids is 2. The van der Waals surface area contributed by atoms with E-state index in [0.29, 0.717) is 10.2 Å². The van der Waals surface area contributed by atoms with Crippen molar-refractivity contribution in [3.05, 3.63) is 36.5 Å². The average Bonchev–Trinajstić information content (AvgIpc) is 2.68. The third kappa shape index (κ3) is 7.74. The van der Waals surface area contributed by atoms with Crippen molar-refractivity contribution in [2.24, 2.45) is 0 Å². The van der Waals surface area contributed by atoms with E-state index >= 15 is 0 Å². The number of rotatable bonds is 9. The summed E-state index contributed by atoms with van der Waals surface area (Å²) in [6.07, 6.45) is 1.56. The summed E-state index contributed by atoms with van der Waals surface area (Å²) in [5, 5.41) is 0. The average molecular weight is 506 g/mol. The van der Waals surface area contributed by atoms with Crippen molar-refractivity contribution in [1.82, 2.24) is 9.97 Å². The predicted molar refractivity (Wildman–Crippen MR) is 115 cm³/mol. The summed E-state index contributed by atoms with van der Waals surface area (Å²) in [7, 11) is 2.81. The molecule has 0 saturated carbocycles. The third-order valence-electron chi connectivity index (χ3n) is 2.63. The Labute approximate surface area is 180 Å². The van der Waals surface area contributed by atoms with E-state index in [0.717, 1.165) is 4.90 Å². The Morgan fingerprint density at radius 2 is 1.74 bits per heavy atom. The van der Waals surface area contributed by atoms with Gasteiger partial charge in [-0.05, 0) is 0 Å². The minimum absolute atomic E-state index is 0.0898. The number of nitrogens with zero attached hydrogens (tertiary/aromatic N) is 2. The van der Waals surface area contributed by atoms with Crippen LogP contribution in [0.2, 0.25) is 0 Å². The van der Waals surface area contributed by atoms with Gasteiger partial charge in [-0.2, -0.15) is 0 Å².